The Morgan fingerprint density at radius 1 is 1.15 bits per heavy atom. The summed E-state index contributed by atoms with van der Waals surface area (Å²) in [5.74, 6) is -0.00539. The van der Waals surface area contributed by atoms with E-state index in [9.17, 15) is 14.3 Å². The maximum Gasteiger partial charge on any atom is 0.251 e. The van der Waals surface area contributed by atoms with E-state index in [0.29, 0.717) is 40.6 Å². The molecular formula is C28H27ClFN5O4. The maximum absolute atomic E-state index is 13.8. The Balaban J connectivity index is 1.38. The highest BCUT2D eigenvalue weighted by Crippen LogP contribution is 2.46. The number of rotatable bonds is 10. The van der Waals surface area contributed by atoms with Gasteiger partial charge in [0, 0.05) is 16.7 Å². The van der Waals surface area contributed by atoms with Gasteiger partial charge in [0.15, 0.2) is 0 Å². The van der Waals surface area contributed by atoms with Crippen molar-refractivity contribution in [2.24, 2.45) is 5.92 Å². The summed E-state index contributed by atoms with van der Waals surface area (Å²) in [5, 5.41) is 18.7. The minimum Gasteiger partial charge on any atom is -0.496 e. The van der Waals surface area contributed by atoms with Crippen LogP contribution in [0.1, 0.15) is 34.5 Å². The second kappa shape index (κ2) is 11.0. The summed E-state index contributed by atoms with van der Waals surface area (Å²) in [6, 6.07) is 12.8. The number of halogens is 2. The normalized spacial score (nSPS) is 14.5. The molecule has 0 radical (unpaired) electrons. The third kappa shape index (κ3) is 5.57. The monoisotopic (exact) mass is 551 g/mol. The highest BCUT2D eigenvalue weighted by molar-refractivity contribution is 6.31. The number of aromatic nitrogens is 4. The number of pyridine rings is 1. The van der Waals surface area contributed by atoms with Gasteiger partial charge in [-0.1, -0.05) is 17.7 Å². The third-order valence-electron chi connectivity index (χ3n) is 6.83. The van der Waals surface area contributed by atoms with Crippen LogP contribution in [0.15, 0.2) is 61.2 Å². The zero-order chi connectivity index (χ0) is 27.6. The molecule has 0 spiro atoms. The molecule has 2 aromatic heterocycles. The third-order valence-corrected chi connectivity index (χ3v) is 7.12. The summed E-state index contributed by atoms with van der Waals surface area (Å²) >= 11 is 6.00. The van der Waals surface area contributed by atoms with E-state index in [2.05, 4.69) is 15.4 Å². The van der Waals surface area contributed by atoms with E-state index < -0.39 is 11.4 Å². The number of nitrogens with zero attached hydrogens (tertiary/aromatic N) is 4. The molecule has 1 fully saturated rings. The lowest BCUT2D eigenvalue weighted by atomic mass is 9.92. The molecule has 2 N–H and O–H groups in total. The average molecular weight is 552 g/mol. The molecule has 9 nitrogen and oxygen atoms in total. The topological polar surface area (TPSA) is 111 Å². The van der Waals surface area contributed by atoms with Gasteiger partial charge in [0.2, 0.25) is 0 Å². The summed E-state index contributed by atoms with van der Waals surface area (Å²) in [6.45, 7) is 0.389. The van der Waals surface area contributed by atoms with Gasteiger partial charge in [-0.25, -0.2) is 19.0 Å². The van der Waals surface area contributed by atoms with Crippen molar-refractivity contribution in [3.8, 4) is 22.8 Å². The fraction of sp³-hybridized carbons (Fsp3) is 0.286. The summed E-state index contributed by atoms with van der Waals surface area (Å²) in [6.07, 6.45) is 4.64. The smallest absolute Gasteiger partial charge is 0.251 e. The Labute approximate surface area is 229 Å². The molecule has 5 rings (SSSR count). The van der Waals surface area contributed by atoms with Gasteiger partial charge in [-0.05, 0) is 61.2 Å². The van der Waals surface area contributed by atoms with Crippen LogP contribution in [0, 0.1) is 11.7 Å². The van der Waals surface area contributed by atoms with Crippen LogP contribution in [0.2, 0.25) is 5.02 Å². The van der Waals surface area contributed by atoms with Crippen molar-refractivity contribution in [2.45, 2.75) is 25.0 Å². The van der Waals surface area contributed by atoms with Crippen molar-refractivity contribution in [2.75, 3.05) is 20.8 Å². The largest absolute Gasteiger partial charge is 0.496 e. The lowest BCUT2D eigenvalue weighted by molar-refractivity contribution is 0.00953. The van der Waals surface area contributed by atoms with E-state index in [1.807, 2.05) is 0 Å². The molecule has 1 amide bonds. The number of carbonyl (C=O) groups is 1. The van der Waals surface area contributed by atoms with Gasteiger partial charge in [0.1, 0.15) is 41.3 Å². The van der Waals surface area contributed by atoms with Gasteiger partial charge in [0.25, 0.3) is 5.91 Å². The van der Waals surface area contributed by atoms with Crippen LogP contribution < -0.4 is 14.8 Å². The second-order valence-electron chi connectivity index (χ2n) is 9.38. The van der Waals surface area contributed by atoms with Crippen molar-refractivity contribution in [1.82, 2.24) is 25.1 Å². The fourth-order valence-corrected chi connectivity index (χ4v) is 4.71. The lowest BCUT2D eigenvalue weighted by Crippen LogP contribution is -2.43. The van der Waals surface area contributed by atoms with Gasteiger partial charge < -0.3 is 19.9 Å². The molecular weight excluding hydrogens is 525 g/mol. The molecule has 11 heteroatoms. The number of nitrogens with one attached hydrogen (secondary N) is 1. The van der Waals surface area contributed by atoms with Gasteiger partial charge in [0.05, 0.1) is 38.0 Å². The maximum atomic E-state index is 13.8. The number of hydrogen-bond acceptors (Lipinski definition) is 7. The number of methoxy groups -OCH3 is 2. The van der Waals surface area contributed by atoms with Crippen LogP contribution in [0.3, 0.4) is 0 Å². The van der Waals surface area contributed by atoms with E-state index in [1.54, 1.807) is 47.4 Å². The molecule has 0 saturated heterocycles. The summed E-state index contributed by atoms with van der Waals surface area (Å²) < 4.78 is 26.4. The Hall–Kier alpha value is -4.02. The molecule has 1 aliphatic carbocycles. The Bertz CT molecular complexity index is 1500. The molecule has 4 aromatic rings. The van der Waals surface area contributed by atoms with Gasteiger partial charge in [-0.3, -0.25) is 4.79 Å². The zero-order valence-electron chi connectivity index (χ0n) is 21.4. The van der Waals surface area contributed by atoms with Crippen LogP contribution >= 0.6 is 11.6 Å². The molecule has 0 aliphatic heterocycles. The SMILES string of the molecule is COc1cc(C(=O)NCC(O)(c2ccc(OC)c(-c3ccc(F)c(Cl)c3)n2)C2CC2)ccc1Cn1cncn1. The molecule has 1 unspecified atom stereocenters. The lowest BCUT2D eigenvalue weighted by Gasteiger charge is -2.29. The predicted molar refractivity (Wildman–Crippen MR) is 142 cm³/mol. The van der Waals surface area contributed by atoms with E-state index in [-0.39, 0.29) is 23.4 Å². The summed E-state index contributed by atoms with van der Waals surface area (Å²) in [4.78, 5) is 21.8. The quantitative estimate of drug-likeness (QED) is 0.303. The molecule has 1 atom stereocenters. The van der Waals surface area contributed by atoms with Crippen molar-refractivity contribution in [3.05, 3.63) is 88.8 Å². The van der Waals surface area contributed by atoms with Crippen LogP contribution in [-0.2, 0) is 12.1 Å². The highest BCUT2D eigenvalue weighted by Gasteiger charge is 2.46. The van der Waals surface area contributed by atoms with Gasteiger partial charge in [-0.15, -0.1) is 0 Å². The molecule has 39 heavy (non-hydrogen) atoms. The first kappa shape index (κ1) is 26.6. The molecule has 2 heterocycles. The highest BCUT2D eigenvalue weighted by atomic mass is 35.5. The Morgan fingerprint density at radius 2 is 1.95 bits per heavy atom. The summed E-state index contributed by atoms with van der Waals surface area (Å²) in [5.41, 5.74) is 1.14. The van der Waals surface area contributed by atoms with Crippen LogP contribution in [-0.4, -0.2) is 51.5 Å². The van der Waals surface area contributed by atoms with E-state index in [4.69, 9.17) is 26.1 Å². The van der Waals surface area contributed by atoms with Crippen molar-refractivity contribution < 1.29 is 23.8 Å². The number of hydrogen-bond donors (Lipinski definition) is 2. The Morgan fingerprint density at radius 3 is 2.62 bits per heavy atom. The summed E-state index contributed by atoms with van der Waals surface area (Å²) in [7, 11) is 3.04. The molecule has 1 aliphatic rings. The van der Waals surface area contributed by atoms with Crippen molar-refractivity contribution in [3.63, 3.8) is 0 Å². The number of ether oxygens (including phenoxy) is 2. The zero-order valence-corrected chi connectivity index (χ0v) is 22.2. The van der Waals surface area contributed by atoms with Crippen LogP contribution in [0.25, 0.3) is 11.3 Å². The van der Waals surface area contributed by atoms with E-state index >= 15 is 0 Å². The first-order chi connectivity index (χ1) is 18.8. The minimum atomic E-state index is -1.42. The van der Waals surface area contributed by atoms with E-state index in [1.165, 1.54) is 32.7 Å². The van der Waals surface area contributed by atoms with Crippen molar-refractivity contribution >= 4 is 17.5 Å². The first-order valence-corrected chi connectivity index (χ1v) is 12.7. The van der Waals surface area contributed by atoms with Gasteiger partial charge >= 0.3 is 0 Å². The van der Waals surface area contributed by atoms with Crippen LogP contribution in [0.4, 0.5) is 4.39 Å². The molecule has 2 aromatic carbocycles. The number of benzene rings is 2. The number of carbonyl (C=O) groups excluding carboxylic acids is 1. The Kier molecular flexibility index (Phi) is 7.49. The molecule has 0 bridgehead atoms. The van der Waals surface area contributed by atoms with Crippen LogP contribution in [0.5, 0.6) is 11.5 Å². The fourth-order valence-electron chi connectivity index (χ4n) is 4.53. The number of aliphatic hydroxyl groups is 1. The van der Waals surface area contributed by atoms with Crippen molar-refractivity contribution in [1.29, 1.82) is 0 Å². The molecule has 202 valence electrons. The average Bonchev–Trinajstić information content (AvgIpc) is 3.70. The predicted octanol–water partition coefficient (Wildman–Crippen LogP) is 4.23. The first-order valence-electron chi connectivity index (χ1n) is 12.3. The minimum absolute atomic E-state index is 0.0470. The van der Waals surface area contributed by atoms with E-state index in [0.717, 1.165) is 18.4 Å². The van der Waals surface area contributed by atoms with Gasteiger partial charge in [-0.2, -0.15) is 5.10 Å². The standard InChI is InChI=1S/C28H27ClFN5O4/c1-38-23-9-10-25(34-26(23)17-5-8-22(30)21(29)11-17)28(37,20-6-7-20)14-32-27(36)18-3-4-19(24(12-18)39-2)13-35-16-31-15-33-35/h3-5,8-12,15-16,20,37H,6-7,13-14H2,1-2H3,(H,32,36). The second-order valence-corrected chi connectivity index (χ2v) is 9.78. The molecule has 1 saturated carbocycles. The number of amides is 1.